The Kier molecular flexibility index (Phi) is 5.18. The van der Waals surface area contributed by atoms with Gasteiger partial charge in [-0.2, -0.15) is 0 Å². The number of methoxy groups -OCH3 is 1. The highest BCUT2D eigenvalue weighted by atomic mass is 16.5. The van der Waals surface area contributed by atoms with Crippen LogP contribution in [-0.2, 0) is 9.47 Å². The fraction of sp³-hybridized carbons (Fsp3) is 0.500. The highest BCUT2D eigenvalue weighted by Crippen LogP contribution is 2.20. The van der Waals surface area contributed by atoms with Crippen LogP contribution in [0.2, 0.25) is 0 Å². The summed E-state index contributed by atoms with van der Waals surface area (Å²) in [5.41, 5.74) is 0.598. The molecule has 0 atom stereocenters. The normalized spacial score (nSPS) is 15.3. The van der Waals surface area contributed by atoms with Crippen molar-refractivity contribution in [2.45, 2.75) is 0 Å². The first kappa shape index (κ1) is 13.8. The van der Waals surface area contributed by atoms with Crippen molar-refractivity contribution in [3.63, 3.8) is 0 Å². The minimum Gasteiger partial charge on any atom is -0.490 e. The van der Waals surface area contributed by atoms with Crippen LogP contribution in [0.4, 0.5) is 0 Å². The largest absolute Gasteiger partial charge is 0.490 e. The van der Waals surface area contributed by atoms with Gasteiger partial charge in [-0.3, -0.25) is 4.79 Å². The summed E-state index contributed by atoms with van der Waals surface area (Å²) in [7, 11) is 1.62. The summed E-state index contributed by atoms with van der Waals surface area (Å²) in [4.78, 5) is 14.2. The Morgan fingerprint density at radius 1 is 1.26 bits per heavy atom. The van der Waals surface area contributed by atoms with Gasteiger partial charge in [0, 0.05) is 20.2 Å². The van der Waals surface area contributed by atoms with Crippen LogP contribution in [0.1, 0.15) is 10.4 Å². The van der Waals surface area contributed by atoms with Gasteiger partial charge >= 0.3 is 0 Å². The van der Waals surface area contributed by atoms with Crippen molar-refractivity contribution >= 4 is 5.91 Å². The molecule has 19 heavy (non-hydrogen) atoms. The smallest absolute Gasteiger partial charge is 0.257 e. The molecule has 0 bridgehead atoms. The van der Waals surface area contributed by atoms with Gasteiger partial charge < -0.3 is 19.1 Å². The summed E-state index contributed by atoms with van der Waals surface area (Å²) in [6.45, 7) is 3.39. The van der Waals surface area contributed by atoms with Crippen molar-refractivity contribution in [2.75, 3.05) is 46.6 Å². The average molecular weight is 265 g/mol. The molecule has 0 N–H and O–H groups in total. The second kappa shape index (κ2) is 7.11. The molecule has 0 spiro atoms. The van der Waals surface area contributed by atoms with E-state index in [1.54, 1.807) is 18.1 Å². The van der Waals surface area contributed by atoms with Gasteiger partial charge in [-0.1, -0.05) is 12.1 Å². The van der Waals surface area contributed by atoms with Crippen LogP contribution < -0.4 is 4.74 Å². The maximum absolute atomic E-state index is 12.4. The van der Waals surface area contributed by atoms with Gasteiger partial charge in [0.25, 0.3) is 5.91 Å². The Hall–Kier alpha value is -1.59. The quantitative estimate of drug-likeness (QED) is 0.750. The first-order valence-corrected chi connectivity index (χ1v) is 6.40. The summed E-state index contributed by atoms with van der Waals surface area (Å²) in [5.74, 6) is 0.604. The van der Waals surface area contributed by atoms with Crippen molar-refractivity contribution in [3.05, 3.63) is 29.8 Å². The minimum atomic E-state index is -0.00341. The van der Waals surface area contributed by atoms with Crippen molar-refractivity contribution in [1.82, 2.24) is 4.90 Å². The van der Waals surface area contributed by atoms with Crippen LogP contribution in [-0.4, -0.2) is 57.4 Å². The van der Waals surface area contributed by atoms with Crippen LogP contribution in [0.15, 0.2) is 24.3 Å². The van der Waals surface area contributed by atoms with Gasteiger partial charge in [0.05, 0.1) is 25.4 Å². The molecule has 1 aromatic rings. The van der Waals surface area contributed by atoms with E-state index in [1.807, 2.05) is 18.2 Å². The molecule has 0 saturated carbocycles. The molecule has 1 aliphatic rings. The zero-order valence-electron chi connectivity index (χ0n) is 11.1. The molecule has 2 rings (SSSR count). The number of nitrogens with zero attached hydrogens (tertiary/aromatic N) is 1. The van der Waals surface area contributed by atoms with Crippen LogP contribution in [0.5, 0.6) is 5.75 Å². The zero-order valence-corrected chi connectivity index (χ0v) is 11.1. The lowest BCUT2D eigenvalue weighted by atomic mass is 10.1. The van der Waals surface area contributed by atoms with E-state index < -0.39 is 0 Å². The van der Waals surface area contributed by atoms with E-state index in [-0.39, 0.29) is 5.91 Å². The van der Waals surface area contributed by atoms with E-state index in [0.717, 1.165) is 0 Å². The maximum Gasteiger partial charge on any atom is 0.257 e. The van der Waals surface area contributed by atoms with Crippen LogP contribution in [0.25, 0.3) is 0 Å². The van der Waals surface area contributed by atoms with Gasteiger partial charge in [-0.05, 0) is 12.1 Å². The Bertz CT molecular complexity index is 416. The van der Waals surface area contributed by atoms with Crippen molar-refractivity contribution in [2.24, 2.45) is 0 Å². The molecule has 5 heteroatoms. The topological polar surface area (TPSA) is 48.0 Å². The summed E-state index contributed by atoms with van der Waals surface area (Å²) < 4.78 is 15.8. The highest BCUT2D eigenvalue weighted by molar-refractivity contribution is 5.97. The number of hydrogen-bond donors (Lipinski definition) is 0. The third kappa shape index (κ3) is 3.68. The predicted octanol–water partition coefficient (Wildman–Crippen LogP) is 1.18. The number of amides is 1. The summed E-state index contributed by atoms with van der Waals surface area (Å²) in [6, 6.07) is 7.30. The molecule has 1 aromatic carbocycles. The van der Waals surface area contributed by atoms with Crippen molar-refractivity contribution in [3.8, 4) is 5.75 Å². The predicted molar refractivity (Wildman–Crippen MR) is 70.5 cm³/mol. The molecule has 1 fully saturated rings. The molecular formula is C14H19NO4. The first-order valence-electron chi connectivity index (χ1n) is 6.40. The first-order chi connectivity index (χ1) is 9.33. The summed E-state index contributed by atoms with van der Waals surface area (Å²) in [5, 5.41) is 0. The van der Waals surface area contributed by atoms with Crippen LogP contribution in [0, 0.1) is 0 Å². The van der Waals surface area contributed by atoms with E-state index in [2.05, 4.69) is 0 Å². The minimum absolute atomic E-state index is 0.00341. The number of rotatable bonds is 5. The van der Waals surface area contributed by atoms with Crippen molar-refractivity contribution < 1.29 is 19.0 Å². The molecule has 1 heterocycles. The van der Waals surface area contributed by atoms with Gasteiger partial charge in [0.1, 0.15) is 12.4 Å². The fourth-order valence-corrected chi connectivity index (χ4v) is 1.94. The summed E-state index contributed by atoms with van der Waals surface area (Å²) >= 11 is 0. The molecule has 1 aliphatic heterocycles. The lowest BCUT2D eigenvalue weighted by molar-refractivity contribution is 0.0299. The van der Waals surface area contributed by atoms with E-state index in [1.165, 1.54) is 0 Å². The molecular weight excluding hydrogens is 246 g/mol. The van der Waals surface area contributed by atoms with E-state index >= 15 is 0 Å². The second-order valence-corrected chi connectivity index (χ2v) is 4.24. The lowest BCUT2D eigenvalue weighted by Crippen LogP contribution is -2.40. The number of benzene rings is 1. The molecule has 0 unspecified atom stereocenters. The number of ether oxygens (including phenoxy) is 3. The SMILES string of the molecule is COCCOc1ccccc1C(=O)N1CCOCC1. The van der Waals surface area contributed by atoms with Crippen molar-refractivity contribution in [1.29, 1.82) is 0 Å². The molecule has 0 aromatic heterocycles. The van der Waals surface area contributed by atoms with Gasteiger partial charge in [0.15, 0.2) is 0 Å². The number of carbonyl (C=O) groups is 1. The zero-order chi connectivity index (χ0) is 13.5. The Labute approximate surface area is 113 Å². The molecule has 5 nitrogen and oxygen atoms in total. The highest BCUT2D eigenvalue weighted by Gasteiger charge is 2.21. The fourth-order valence-electron chi connectivity index (χ4n) is 1.94. The van der Waals surface area contributed by atoms with Crippen LogP contribution in [0.3, 0.4) is 0 Å². The molecule has 1 amide bonds. The molecule has 1 saturated heterocycles. The monoisotopic (exact) mass is 265 g/mol. The Balaban J connectivity index is 2.07. The molecule has 0 aliphatic carbocycles. The van der Waals surface area contributed by atoms with Gasteiger partial charge in [-0.15, -0.1) is 0 Å². The Morgan fingerprint density at radius 3 is 2.74 bits per heavy atom. The second-order valence-electron chi connectivity index (χ2n) is 4.24. The van der Waals surface area contributed by atoms with Gasteiger partial charge in [-0.25, -0.2) is 0 Å². The lowest BCUT2D eigenvalue weighted by Gasteiger charge is -2.27. The molecule has 0 radical (unpaired) electrons. The number of para-hydroxylation sites is 1. The molecule has 104 valence electrons. The maximum atomic E-state index is 12.4. The number of morpholine rings is 1. The van der Waals surface area contributed by atoms with E-state index in [4.69, 9.17) is 14.2 Å². The number of hydrogen-bond acceptors (Lipinski definition) is 4. The third-order valence-electron chi connectivity index (χ3n) is 2.96. The average Bonchev–Trinajstić information content (AvgIpc) is 2.48. The Morgan fingerprint density at radius 2 is 2.00 bits per heavy atom. The standard InChI is InChI=1S/C14H19NO4/c1-17-10-11-19-13-5-3-2-4-12(13)14(16)15-6-8-18-9-7-15/h2-5H,6-11H2,1H3. The van der Waals surface area contributed by atoms with Gasteiger partial charge in [0.2, 0.25) is 0 Å². The van der Waals surface area contributed by atoms with E-state index in [9.17, 15) is 4.79 Å². The van der Waals surface area contributed by atoms with E-state index in [0.29, 0.717) is 50.8 Å². The summed E-state index contributed by atoms with van der Waals surface area (Å²) in [6.07, 6.45) is 0. The third-order valence-corrected chi connectivity index (χ3v) is 2.96. The van der Waals surface area contributed by atoms with Crippen LogP contribution >= 0.6 is 0 Å². The number of carbonyl (C=O) groups excluding carboxylic acids is 1.